The first-order valence-corrected chi connectivity index (χ1v) is 19.6. The van der Waals surface area contributed by atoms with Gasteiger partial charge in [0.25, 0.3) is 0 Å². The molecule has 0 saturated heterocycles. The van der Waals surface area contributed by atoms with E-state index >= 15 is 0 Å². The first kappa shape index (κ1) is 30.5. The zero-order valence-corrected chi connectivity index (χ0v) is 30.5. The number of fused-ring (bicyclic) bond motifs is 11. The second kappa shape index (κ2) is 11.8. The molecule has 55 heavy (non-hydrogen) atoms. The minimum Gasteiger partial charge on any atom is -0.455 e. The minimum atomic E-state index is 0.915. The molecule has 2 heterocycles. The lowest BCUT2D eigenvalue weighted by Crippen LogP contribution is -2.11. The van der Waals surface area contributed by atoms with Crippen molar-refractivity contribution in [1.82, 2.24) is 0 Å². The van der Waals surface area contributed by atoms with Crippen LogP contribution in [-0.4, -0.2) is 0 Å². The molecule has 0 amide bonds. The molecule has 12 rings (SSSR count). The molecule has 0 spiro atoms. The summed E-state index contributed by atoms with van der Waals surface area (Å²) in [5.41, 5.74) is 7.76. The molecule has 0 saturated carbocycles. The zero-order valence-electron chi connectivity index (χ0n) is 29.7. The Kier molecular flexibility index (Phi) is 6.54. The maximum absolute atomic E-state index is 6.71. The van der Waals surface area contributed by atoms with Crippen LogP contribution in [0.25, 0.3) is 96.3 Å². The number of thiophene rings is 1. The summed E-state index contributed by atoms with van der Waals surface area (Å²) in [6.45, 7) is 0. The number of para-hydroxylation sites is 1. The number of anilines is 3. The number of nitrogens with zero attached hydrogens (tertiary/aromatic N) is 1. The molecular formula is C52H31NOS. The van der Waals surface area contributed by atoms with E-state index in [1.165, 1.54) is 80.1 Å². The van der Waals surface area contributed by atoms with Crippen LogP contribution in [0.5, 0.6) is 0 Å². The molecule has 0 aliphatic carbocycles. The van der Waals surface area contributed by atoms with E-state index in [0.29, 0.717) is 0 Å². The van der Waals surface area contributed by atoms with E-state index in [2.05, 4.69) is 193 Å². The number of hydrogen-bond donors (Lipinski definition) is 0. The minimum absolute atomic E-state index is 0.915. The fourth-order valence-corrected chi connectivity index (χ4v) is 10.1. The maximum Gasteiger partial charge on any atom is 0.144 e. The summed E-state index contributed by atoms with van der Waals surface area (Å²) < 4.78 is 9.21. The Morgan fingerprint density at radius 3 is 1.55 bits per heavy atom. The van der Waals surface area contributed by atoms with Gasteiger partial charge in [-0.1, -0.05) is 146 Å². The van der Waals surface area contributed by atoms with Gasteiger partial charge in [0.05, 0.1) is 5.69 Å². The summed E-state index contributed by atoms with van der Waals surface area (Å²) >= 11 is 1.86. The summed E-state index contributed by atoms with van der Waals surface area (Å²) in [6, 6.07) is 68.6. The van der Waals surface area contributed by atoms with Crippen molar-refractivity contribution in [3.8, 4) is 11.1 Å². The summed E-state index contributed by atoms with van der Waals surface area (Å²) in [7, 11) is 0. The highest BCUT2D eigenvalue weighted by molar-refractivity contribution is 7.26. The van der Waals surface area contributed by atoms with E-state index in [1.807, 2.05) is 11.3 Å². The van der Waals surface area contributed by atoms with Gasteiger partial charge in [-0.25, -0.2) is 0 Å². The third kappa shape index (κ3) is 4.54. The predicted octanol–water partition coefficient (Wildman–Crippen LogP) is 15.7. The van der Waals surface area contributed by atoms with Crippen LogP contribution in [0.3, 0.4) is 0 Å². The van der Waals surface area contributed by atoms with Crippen molar-refractivity contribution >= 4 is 114 Å². The average molecular weight is 718 g/mol. The second-order valence-electron chi connectivity index (χ2n) is 14.4. The molecule has 0 unspecified atom stereocenters. The van der Waals surface area contributed by atoms with Crippen LogP contribution in [0, 0.1) is 0 Å². The number of hydrogen-bond acceptors (Lipinski definition) is 3. The molecule has 0 radical (unpaired) electrons. The van der Waals surface area contributed by atoms with Crippen LogP contribution in [0.2, 0.25) is 0 Å². The summed E-state index contributed by atoms with van der Waals surface area (Å²) in [6.07, 6.45) is 0. The lowest BCUT2D eigenvalue weighted by molar-refractivity contribution is 0.673. The Hall–Kier alpha value is -6.94. The van der Waals surface area contributed by atoms with Crippen LogP contribution >= 0.6 is 11.3 Å². The molecule has 2 nitrogen and oxygen atoms in total. The van der Waals surface area contributed by atoms with Gasteiger partial charge in [-0.3, -0.25) is 0 Å². The molecule has 0 N–H and O–H groups in total. The third-order valence-corrected chi connectivity index (χ3v) is 12.6. The zero-order chi connectivity index (χ0) is 36.0. The Bertz CT molecular complexity index is 3380. The highest BCUT2D eigenvalue weighted by Crippen LogP contribution is 2.53. The van der Waals surface area contributed by atoms with Crippen molar-refractivity contribution in [3.05, 3.63) is 188 Å². The average Bonchev–Trinajstić information content (AvgIpc) is 3.82. The van der Waals surface area contributed by atoms with Crippen molar-refractivity contribution in [2.45, 2.75) is 0 Å². The van der Waals surface area contributed by atoms with Crippen LogP contribution < -0.4 is 4.90 Å². The fourth-order valence-electron chi connectivity index (χ4n) is 8.93. The van der Waals surface area contributed by atoms with Crippen molar-refractivity contribution in [1.29, 1.82) is 0 Å². The van der Waals surface area contributed by atoms with E-state index < -0.39 is 0 Å². The normalized spacial score (nSPS) is 12.0. The van der Waals surface area contributed by atoms with Crippen molar-refractivity contribution in [2.24, 2.45) is 0 Å². The first-order chi connectivity index (χ1) is 27.3. The SMILES string of the molecule is c1ccc2cc(N(c3ccc4ccccc4c3)c3c4ccccc4c(-c4cc5c6ccccc6oc5c5c4sc4ccccc45)c4ccccc34)ccc2c1. The molecule has 0 aliphatic rings. The van der Waals surface area contributed by atoms with Crippen molar-refractivity contribution in [3.63, 3.8) is 0 Å². The van der Waals surface area contributed by atoms with Gasteiger partial charge in [-0.05, 0) is 80.3 Å². The van der Waals surface area contributed by atoms with Crippen LogP contribution in [0.15, 0.2) is 192 Å². The predicted molar refractivity (Wildman–Crippen MR) is 237 cm³/mol. The number of furan rings is 1. The topological polar surface area (TPSA) is 16.4 Å². The lowest BCUT2D eigenvalue weighted by atomic mass is 9.88. The lowest BCUT2D eigenvalue weighted by Gasteiger charge is -2.30. The standard InChI is InChI=1S/C52H31NOS/c1-3-15-34-29-36(27-25-32(34)13-1)53(37-28-26-33-14-2-4-16-35(33)30-37)50-41-20-7-5-18-39(41)48(40-19-6-8-21-42(40)50)45-31-44-38-17-9-11-23-46(38)54-51(44)49-43-22-10-12-24-47(43)55-52(45)49/h1-31H. The third-order valence-electron chi connectivity index (χ3n) is 11.4. The quantitative estimate of drug-likeness (QED) is 0.169. The van der Waals surface area contributed by atoms with E-state index in [0.717, 1.165) is 33.3 Å². The van der Waals surface area contributed by atoms with Crippen molar-refractivity contribution < 1.29 is 4.42 Å². The molecule has 0 bridgehead atoms. The summed E-state index contributed by atoms with van der Waals surface area (Å²) in [5, 5.41) is 14.4. The van der Waals surface area contributed by atoms with Crippen molar-refractivity contribution in [2.75, 3.05) is 4.90 Å². The molecular weight excluding hydrogens is 687 g/mol. The molecule has 256 valence electrons. The molecule has 3 heteroatoms. The Morgan fingerprint density at radius 2 is 0.909 bits per heavy atom. The molecule has 12 aromatic rings. The number of benzene rings is 10. The maximum atomic E-state index is 6.71. The summed E-state index contributed by atoms with van der Waals surface area (Å²) in [5.74, 6) is 0. The molecule has 2 aromatic heterocycles. The second-order valence-corrected chi connectivity index (χ2v) is 15.5. The summed E-state index contributed by atoms with van der Waals surface area (Å²) in [4.78, 5) is 2.48. The van der Waals surface area contributed by atoms with E-state index in [9.17, 15) is 0 Å². The highest BCUT2D eigenvalue weighted by Gasteiger charge is 2.26. The largest absolute Gasteiger partial charge is 0.455 e. The van der Waals surface area contributed by atoms with E-state index in [-0.39, 0.29) is 0 Å². The fraction of sp³-hybridized carbons (Fsp3) is 0. The van der Waals surface area contributed by atoms with Gasteiger partial charge < -0.3 is 9.32 Å². The molecule has 0 fully saturated rings. The van der Waals surface area contributed by atoms with E-state index in [4.69, 9.17) is 4.42 Å². The molecule has 0 aliphatic heterocycles. The Balaban J connectivity index is 1.23. The van der Waals surface area contributed by atoms with Gasteiger partial charge in [0.2, 0.25) is 0 Å². The van der Waals surface area contributed by atoms with Gasteiger partial charge in [-0.2, -0.15) is 0 Å². The van der Waals surface area contributed by atoms with Gasteiger partial charge in [0.15, 0.2) is 0 Å². The van der Waals surface area contributed by atoms with Gasteiger partial charge in [0, 0.05) is 58.7 Å². The highest BCUT2D eigenvalue weighted by atomic mass is 32.1. The molecule has 10 aromatic carbocycles. The number of rotatable bonds is 4. The van der Waals surface area contributed by atoms with Gasteiger partial charge in [0.1, 0.15) is 11.2 Å². The van der Waals surface area contributed by atoms with Crippen LogP contribution in [0.1, 0.15) is 0 Å². The van der Waals surface area contributed by atoms with E-state index in [1.54, 1.807) is 0 Å². The van der Waals surface area contributed by atoms with Gasteiger partial charge >= 0.3 is 0 Å². The van der Waals surface area contributed by atoms with Crippen LogP contribution in [-0.2, 0) is 0 Å². The van der Waals surface area contributed by atoms with Crippen LogP contribution in [0.4, 0.5) is 17.1 Å². The Labute approximate surface area is 320 Å². The molecule has 0 atom stereocenters. The van der Waals surface area contributed by atoms with Gasteiger partial charge in [-0.15, -0.1) is 11.3 Å². The Morgan fingerprint density at radius 1 is 0.400 bits per heavy atom. The smallest absolute Gasteiger partial charge is 0.144 e. The first-order valence-electron chi connectivity index (χ1n) is 18.8. The monoisotopic (exact) mass is 717 g/mol.